The van der Waals surface area contributed by atoms with Gasteiger partial charge in [0, 0.05) is 12.6 Å². The zero-order valence-corrected chi connectivity index (χ0v) is 8.05. The van der Waals surface area contributed by atoms with E-state index in [4.69, 9.17) is 5.11 Å². The standard InChI is InChI=1S/C7H15NO3S/c1-2-7(6-9)8-4-3-5-12(8,10)11/h7,9H,2-6H2,1H3/t7-/m1/s1. The van der Waals surface area contributed by atoms with E-state index in [-0.39, 0.29) is 18.4 Å². The fourth-order valence-corrected chi connectivity index (χ4v) is 3.30. The van der Waals surface area contributed by atoms with Crippen LogP contribution in [0.2, 0.25) is 0 Å². The molecule has 0 amide bonds. The molecule has 1 atom stereocenters. The largest absolute Gasteiger partial charge is 0.395 e. The lowest BCUT2D eigenvalue weighted by molar-refractivity contribution is 0.189. The van der Waals surface area contributed by atoms with Crippen molar-refractivity contribution >= 4 is 10.0 Å². The summed E-state index contributed by atoms with van der Waals surface area (Å²) in [5.74, 6) is 0.240. The molecule has 0 bridgehead atoms. The molecule has 4 nitrogen and oxygen atoms in total. The van der Waals surface area contributed by atoms with Crippen molar-refractivity contribution < 1.29 is 13.5 Å². The lowest BCUT2D eigenvalue weighted by atomic mass is 10.2. The lowest BCUT2D eigenvalue weighted by Crippen LogP contribution is -2.38. The summed E-state index contributed by atoms with van der Waals surface area (Å²) in [6, 6.07) is -0.211. The van der Waals surface area contributed by atoms with E-state index in [0.29, 0.717) is 19.4 Å². The first-order valence-corrected chi connectivity index (χ1v) is 5.83. The van der Waals surface area contributed by atoms with Gasteiger partial charge in [-0.05, 0) is 12.8 Å². The van der Waals surface area contributed by atoms with E-state index in [1.807, 2.05) is 6.92 Å². The van der Waals surface area contributed by atoms with Crippen LogP contribution in [-0.2, 0) is 10.0 Å². The summed E-state index contributed by atoms with van der Waals surface area (Å²) in [6.07, 6.45) is 1.37. The minimum atomic E-state index is -3.04. The summed E-state index contributed by atoms with van der Waals surface area (Å²) in [6.45, 7) is 2.38. The third-order valence-corrected chi connectivity index (χ3v) is 4.23. The van der Waals surface area contributed by atoms with Crippen molar-refractivity contribution in [3.8, 4) is 0 Å². The van der Waals surface area contributed by atoms with Gasteiger partial charge in [0.1, 0.15) is 0 Å². The zero-order chi connectivity index (χ0) is 9.19. The summed E-state index contributed by atoms with van der Waals surface area (Å²) in [5.41, 5.74) is 0. The lowest BCUT2D eigenvalue weighted by Gasteiger charge is -2.22. The molecule has 0 aromatic heterocycles. The number of hydrogen-bond donors (Lipinski definition) is 1. The average molecular weight is 193 g/mol. The maximum absolute atomic E-state index is 11.3. The van der Waals surface area contributed by atoms with Gasteiger partial charge in [0.2, 0.25) is 10.0 Å². The molecule has 0 aliphatic carbocycles. The van der Waals surface area contributed by atoms with E-state index in [1.54, 1.807) is 0 Å². The molecular weight excluding hydrogens is 178 g/mol. The zero-order valence-electron chi connectivity index (χ0n) is 7.23. The Morgan fingerprint density at radius 2 is 2.25 bits per heavy atom. The van der Waals surface area contributed by atoms with Crippen LogP contribution in [0.15, 0.2) is 0 Å². The Bertz CT molecular complexity index is 233. The van der Waals surface area contributed by atoms with Crippen molar-refractivity contribution in [3.05, 3.63) is 0 Å². The number of hydrogen-bond acceptors (Lipinski definition) is 3. The van der Waals surface area contributed by atoms with Crippen LogP contribution in [0.3, 0.4) is 0 Å². The van der Waals surface area contributed by atoms with Crippen molar-refractivity contribution in [3.63, 3.8) is 0 Å². The van der Waals surface area contributed by atoms with Gasteiger partial charge in [-0.15, -0.1) is 0 Å². The predicted octanol–water partition coefficient (Wildman–Crippen LogP) is -0.207. The minimum absolute atomic E-state index is 0.0737. The Balaban J connectivity index is 2.74. The normalized spacial score (nSPS) is 25.8. The van der Waals surface area contributed by atoms with Crippen molar-refractivity contribution in [2.24, 2.45) is 0 Å². The Hall–Kier alpha value is -0.130. The number of aliphatic hydroxyl groups excluding tert-OH is 1. The minimum Gasteiger partial charge on any atom is -0.395 e. The molecule has 12 heavy (non-hydrogen) atoms. The second kappa shape index (κ2) is 3.72. The van der Waals surface area contributed by atoms with Gasteiger partial charge in [0.05, 0.1) is 12.4 Å². The summed E-state index contributed by atoms with van der Waals surface area (Å²) in [7, 11) is -3.04. The fraction of sp³-hybridized carbons (Fsp3) is 1.00. The summed E-state index contributed by atoms with van der Waals surface area (Å²) in [5, 5.41) is 8.91. The van der Waals surface area contributed by atoms with Gasteiger partial charge in [0.15, 0.2) is 0 Å². The number of rotatable bonds is 3. The second-order valence-corrected chi connectivity index (χ2v) is 5.07. The van der Waals surface area contributed by atoms with Gasteiger partial charge >= 0.3 is 0 Å². The topological polar surface area (TPSA) is 57.6 Å². The molecule has 0 spiro atoms. The fourth-order valence-electron chi connectivity index (χ4n) is 1.49. The molecule has 5 heteroatoms. The van der Waals surface area contributed by atoms with Crippen LogP contribution >= 0.6 is 0 Å². The van der Waals surface area contributed by atoms with Crippen molar-refractivity contribution in [1.82, 2.24) is 4.31 Å². The molecule has 1 aliphatic rings. The average Bonchev–Trinajstić information content (AvgIpc) is 2.34. The first kappa shape index (κ1) is 9.95. The Morgan fingerprint density at radius 3 is 2.58 bits per heavy atom. The summed E-state index contributed by atoms with van der Waals surface area (Å²) in [4.78, 5) is 0. The molecule has 0 radical (unpaired) electrons. The monoisotopic (exact) mass is 193 g/mol. The van der Waals surface area contributed by atoms with Gasteiger partial charge in [-0.2, -0.15) is 4.31 Å². The molecule has 72 valence electrons. The van der Waals surface area contributed by atoms with Crippen molar-refractivity contribution in [1.29, 1.82) is 0 Å². The van der Waals surface area contributed by atoms with Crippen LogP contribution in [0.1, 0.15) is 19.8 Å². The molecule has 0 aromatic rings. The first-order valence-electron chi connectivity index (χ1n) is 4.22. The maximum atomic E-state index is 11.3. The molecule has 0 aromatic carbocycles. The molecule has 1 heterocycles. The number of nitrogens with zero attached hydrogens (tertiary/aromatic N) is 1. The molecule has 1 fully saturated rings. The predicted molar refractivity (Wildman–Crippen MR) is 46.3 cm³/mol. The van der Waals surface area contributed by atoms with Crippen LogP contribution < -0.4 is 0 Å². The summed E-state index contributed by atoms with van der Waals surface area (Å²) >= 11 is 0. The third-order valence-electron chi connectivity index (χ3n) is 2.23. The molecule has 1 saturated heterocycles. The van der Waals surface area contributed by atoms with E-state index < -0.39 is 10.0 Å². The van der Waals surface area contributed by atoms with Crippen molar-refractivity contribution in [2.75, 3.05) is 18.9 Å². The third kappa shape index (κ3) is 1.78. The van der Waals surface area contributed by atoms with Crippen LogP contribution in [0.5, 0.6) is 0 Å². The van der Waals surface area contributed by atoms with Gasteiger partial charge in [0.25, 0.3) is 0 Å². The van der Waals surface area contributed by atoms with Crippen molar-refractivity contribution in [2.45, 2.75) is 25.8 Å². The highest BCUT2D eigenvalue weighted by Gasteiger charge is 2.32. The Labute approximate surface area is 73.2 Å². The molecular formula is C7H15NO3S. The Kier molecular flexibility index (Phi) is 3.09. The number of aliphatic hydroxyl groups is 1. The van der Waals surface area contributed by atoms with E-state index in [1.165, 1.54) is 4.31 Å². The molecule has 1 aliphatic heterocycles. The number of sulfonamides is 1. The van der Waals surface area contributed by atoms with Gasteiger partial charge in [-0.1, -0.05) is 6.92 Å². The highest BCUT2D eigenvalue weighted by Crippen LogP contribution is 2.18. The highest BCUT2D eigenvalue weighted by atomic mass is 32.2. The van der Waals surface area contributed by atoms with Crippen LogP contribution in [0.25, 0.3) is 0 Å². The quantitative estimate of drug-likeness (QED) is 0.675. The first-order chi connectivity index (χ1) is 5.61. The van der Waals surface area contributed by atoms with E-state index in [2.05, 4.69) is 0 Å². The second-order valence-electron chi connectivity index (χ2n) is 3.02. The summed E-state index contributed by atoms with van der Waals surface area (Å²) < 4.78 is 24.1. The Morgan fingerprint density at radius 1 is 1.58 bits per heavy atom. The molecule has 0 saturated carbocycles. The molecule has 0 unspecified atom stereocenters. The van der Waals surface area contributed by atoms with E-state index in [9.17, 15) is 8.42 Å². The van der Waals surface area contributed by atoms with Crippen LogP contribution in [-0.4, -0.2) is 42.8 Å². The van der Waals surface area contributed by atoms with Crippen LogP contribution in [0, 0.1) is 0 Å². The smallest absolute Gasteiger partial charge is 0.214 e. The maximum Gasteiger partial charge on any atom is 0.214 e. The van der Waals surface area contributed by atoms with E-state index >= 15 is 0 Å². The highest BCUT2D eigenvalue weighted by molar-refractivity contribution is 7.89. The van der Waals surface area contributed by atoms with Gasteiger partial charge in [-0.25, -0.2) is 8.42 Å². The van der Waals surface area contributed by atoms with Gasteiger partial charge < -0.3 is 5.11 Å². The van der Waals surface area contributed by atoms with Gasteiger partial charge in [-0.3, -0.25) is 0 Å². The van der Waals surface area contributed by atoms with Crippen LogP contribution in [0.4, 0.5) is 0 Å². The van der Waals surface area contributed by atoms with E-state index in [0.717, 1.165) is 0 Å². The molecule has 1 N–H and O–H groups in total. The molecule has 1 rings (SSSR count). The SMILES string of the molecule is CC[C@H](CO)N1CCCS1(=O)=O.